The van der Waals surface area contributed by atoms with Gasteiger partial charge in [-0.3, -0.25) is 30.1 Å². The van der Waals surface area contributed by atoms with Gasteiger partial charge in [-0.2, -0.15) is 0 Å². The van der Waals surface area contributed by atoms with Gasteiger partial charge in [-0.05, 0) is 35.9 Å². The number of nitro benzene ring substituents is 1. The van der Waals surface area contributed by atoms with Crippen LogP contribution in [0.15, 0.2) is 90.3 Å². The fourth-order valence-electron chi connectivity index (χ4n) is 2.89. The van der Waals surface area contributed by atoms with Crippen LogP contribution < -0.4 is 15.2 Å². The average molecular weight is 487 g/mol. The number of rotatable bonds is 9. The van der Waals surface area contributed by atoms with E-state index in [1.165, 1.54) is 24.3 Å². The predicted octanol–water partition coefficient (Wildman–Crippen LogP) is 3.74. The zero-order chi connectivity index (χ0) is 24.0. The molecule has 0 aliphatic carbocycles. The lowest BCUT2D eigenvalue weighted by Crippen LogP contribution is -2.45. The summed E-state index contributed by atoms with van der Waals surface area (Å²) in [5, 5.41) is 11.9. The van der Waals surface area contributed by atoms with Gasteiger partial charge in [0.25, 0.3) is 21.6 Å². The van der Waals surface area contributed by atoms with Crippen molar-refractivity contribution >= 4 is 44.6 Å². The standard InChI is InChI=1S/C22H19ClN4O5S/c1-16(17-11-13-18(23)14-12-17)24-25-22(28)15-26(19-7-3-2-4-8-19)33(31,32)21-10-6-5-9-20(21)27(29)30/h2-14,24H,1,15H2,(H,25,28). The summed E-state index contributed by atoms with van der Waals surface area (Å²) in [7, 11) is -4.45. The van der Waals surface area contributed by atoms with Crippen LogP contribution in [-0.4, -0.2) is 25.8 Å². The smallest absolute Gasteiger partial charge is 0.289 e. The molecule has 3 rings (SSSR count). The minimum absolute atomic E-state index is 0.169. The Balaban J connectivity index is 1.85. The van der Waals surface area contributed by atoms with E-state index in [0.29, 0.717) is 16.3 Å². The number of anilines is 1. The maximum Gasteiger partial charge on any atom is 0.289 e. The first-order chi connectivity index (χ1) is 15.7. The third kappa shape index (κ3) is 5.68. The summed E-state index contributed by atoms with van der Waals surface area (Å²) in [6.07, 6.45) is 0. The van der Waals surface area contributed by atoms with Crippen LogP contribution in [0.1, 0.15) is 5.56 Å². The number of hydrogen-bond acceptors (Lipinski definition) is 6. The number of halogens is 1. The Bertz CT molecular complexity index is 1280. The average Bonchev–Trinajstić information content (AvgIpc) is 2.81. The number of hydrogen-bond donors (Lipinski definition) is 2. The van der Waals surface area contributed by atoms with E-state index in [-0.39, 0.29) is 5.69 Å². The Kier molecular flexibility index (Phi) is 7.31. The number of nitrogens with one attached hydrogen (secondary N) is 2. The molecule has 11 heteroatoms. The van der Waals surface area contributed by atoms with Crippen molar-refractivity contribution in [3.05, 3.63) is 106 Å². The lowest BCUT2D eigenvalue weighted by Gasteiger charge is -2.24. The molecule has 0 saturated carbocycles. The van der Waals surface area contributed by atoms with Crippen LogP contribution in [0.2, 0.25) is 5.02 Å². The largest absolute Gasteiger partial charge is 0.299 e. The van der Waals surface area contributed by atoms with E-state index in [1.807, 2.05) is 0 Å². The second kappa shape index (κ2) is 10.2. The highest BCUT2D eigenvalue weighted by atomic mass is 35.5. The SMILES string of the molecule is C=C(NNC(=O)CN(c1ccccc1)S(=O)(=O)c1ccccc1[N+](=O)[O-])c1ccc(Cl)cc1. The van der Waals surface area contributed by atoms with Crippen molar-refractivity contribution in [3.63, 3.8) is 0 Å². The van der Waals surface area contributed by atoms with E-state index < -0.39 is 38.0 Å². The molecule has 0 atom stereocenters. The topological polar surface area (TPSA) is 122 Å². The molecular formula is C22H19ClN4O5S. The van der Waals surface area contributed by atoms with Crippen LogP contribution in [0.25, 0.3) is 5.70 Å². The van der Waals surface area contributed by atoms with Crippen LogP contribution in [0.4, 0.5) is 11.4 Å². The van der Waals surface area contributed by atoms with E-state index in [0.717, 1.165) is 16.4 Å². The summed E-state index contributed by atoms with van der Waals surface area (Å²) in [6.45, 7) is 3.18. The van der Waals surface area contributed by atoms with Crippen LogP contribution in [-0.2, 0) is 14.8 Å². The van der Waals surface area contributed by atoms with Crippen LogP contribution >= 0.6 is 11.6 Å². The second-order valence-electron chi connectivity index (χ2n) is 6.73. The molecule has 9 nitrogen and oxygen atoms in total. The molecule has 0 heterocycles. The molecule has 0 bridgehead atoms. The monoisotopic (exact) mass is 486 g/mol. The molecule has 0 radical (unpaired) electrons. The Morgan fingerprint density at radius 3 is 2.21 bits per heavy atom. The molecule has 0 fully saturated rings. The van der Waals surface area contributed by atoms with Gasteiger partial charge in [0, 0.05) is 11.1 Å². The lowest BCUT2D eigenvalue weighted by atomic mass is 10.2. The third-order valence-electron chi connectivity index (χ3n) is 4.51. The molecule has 0 aliphatic rings. The molecule has 3 aromatic carbocycles. The van der Waals surface area contributed by atoms with Gasteiger partial charge in [-0.25, -0.2) is 8.42 Å². The first kappa shape index (κ1) is 23.8. The fraction of sp³-hybridized carbons (Fsp3) is 0.0455. The summed E-state index contributed by atoms with van der Waals surface area (Å²) in [5.41, 5.74) is 5.62. The van der Waals surface area contributed by atoms with Gasteiger partial charge >= 0.3 is 0 Å². The van der Waals surface area contributed by atoms with Crippen molar-refractivity contribution in [2.75, 3.05) is 10.8 Å². The number of nitro groups is 1. The van der Waals surface area contributed by atoms with E-state index >= 15 is 0 Å². The highest BCUT2D eigenvalue weighted by Crippen LogP contribution is 2.29. The van der Waals surface area contributed by atoms with Gasteiger partial charge in [-0.1, -0.05) is 60.6 Å². The summed E-state index contributed by atoms with van der Waals surface area (Å²) in [4.78, 5) is 22.7. The van der Waals surface area contributed by atoms with Crippen molar-refractivity contribution in [1.82, 2.24) is 10.9 Å². The van der Waals surface area contributed by atoms with Gasteiger partial charge in [0.2, 0.25) is 0 Å². The third-order valence-corrected chi connectivity index (χ3v) is 6.58. The second-order valence-corrected chi connectivity index (χ2v) is 9.00. The molecule has 2 N–H and O–H groups in total. The van der Waals surface area contributed by atoms with Crippen molar-refractivity contribution in [1.29, 1.82) is 0 Å². The van der Waals surface area contributed by atoms with Crippen molar-refractivity contribution < 1.29 is 18.1 Å². The van der Waals surface area contributed by atoms with E-state index in [4.69, 9.17) is 11.6 Å². The van der Waals surface area contributed by atoms with Crippen LogP contribution in [0.3, 0.4) is 0 Å². The van der Waals surface area contributed by atoms with Crippen molar-refractivity contribution in [2.24, 2.45) is 0 Å². The molecule has 0 spiro atoms. The number of carbonyl (C=O) groups excluding carboxylic acids is 1. The number of carbonyl (C=O) groups is 1. The first-order valence-corrected chi connectivity index (χ1v) is 11.3. The number of benzene rings is 3. The van der Waals surface area contributed by atoms with Crippen LogP contribution in [0, 0.1) is 10.1 Å². The highest BCUT2D eigenvalue weighted by Gasteiger charge is 2.33. The number of sulfonamides is 1. The predicted molar refractivity (Wildman–Crippen MR) is 126 cm³/mol. The Morgan fingerprint density at radius 1 is 0.970 bits per heavy atom. The zero-order valence-corrected chi connectivity index (χ0v) is 18.7. The van der Waals surface area contributed by atoms with E-state index in [9.17, 15) is 23.3 Å². The van der Waals surface area contributed by atoms with Gasteiger partial charge < -0.3 is 0 Å². The van der Waals surface area contributed by atoms with Gasteiger partial charge in [0.15, 0.2) is 4.90 Å². The zero-order valence-electron chi connectivity index (χ0n) is 17.1. The number of hydrazine groups is 1. The first-order valence-electron chi connectivity index (χ1n) is 9.51. The normalized spacial score (nSPS) is 10.8. The molecule has 1 amide bonds. The number of para-hydroxylation sites is 2. The highest BCUT2D eigenvalue weighted by molar-refractivity contribution is 7.93. The molecule has 0 aromatic heterocycles. The fourth-order valence-corrected chi connectivity index (χ4v) is 4.60. The Hall–Kier alpha value is -3.89. The number of amides is 1. The molecular weight excluding hydrogens is 468 g/mol. The molecule has 33 heavy (non-hydrogen) atoms. The molecule has 3 aromatic rings. The summed E-state index contributed by atoms with van der Waals surface area (Å²) in [6, 6.07) is 19.5. The summed E-state index contributed by atoms with van der Waals surface area (Å²) < 4.78 is 27.6. The van der Waals surface area contributed by atoms with Crippen LogP contribution in [0.5, 0.6) is 0 Å². The minimum Gasteiger partial charge on any atom is -0.299 e. The summed E-state index contributed by atoms with van der Waals surface area (Å²) >= 11 is 5.86. The maximum atomic E-state index is 13.4. The van der Waals surface area contributed by atoms with Gasteiger partial charge in [0.05, 0.1) is 16.3 Å². The number of nitrogens with zero attached hydrogens (tertiary/aromatic N) is 2. The lowest BCUT2D eigenvalue weighted by molar-refractivity contribution is -0.387. The molecule has 0 saturated heterocycles. The Morgan fingerprint density at radius 2 is 1.58 bits per heavy atom. The van der Waals surface area contributed by atoms with E-state index in [2.05, 4.69) is 17.4 Å². The van der Waals surface area contributed by atoms with E-state index in [1.54, 1.807) is 42.5 Å². The Labute approximate surface area is 195 Å². The quantitative estimate of drug-likeness (QED) is 0.351. The molecule has 0 unspecified atom stereocenters. The van der Waals surface area contributed by atoms with Crippen molar-refractivity contribution in [2.45, 2.75) is 4.90 Å². The summed E-state index contributed by atoms with van der Waals surface area (Å²) in [5.74, 6) is -0.712. The molecule has 170 valence electrons. The minimum atomic E-state index is -4.45. The molecule has 0 aliphatic heterocycles. The maximum absolute atomic E-state index is 13.4. The van der Waals surface area contributed by atoms with Gasteiger partial charge in [-0.15, -0.1) is 0 Å². The van der Waals surface area contributed by atoms with Crippen molar-refractivity contribution in [3.8, 4) is 0 Å². The van der Waals surface area contributed by atoms with Gasteiger partial charge in [0.1, 0.15) is 6.54 Å².